The van der Waals surface area contributed by atoms with Gasteiger partial charge < -0.3 is 9.32 Å². The summed E-state index contributed by atoms with van der Waals surface area (Å²) < 4.78 is 22.1. The van der Waals surface area contributed by atoms with Gasteiger partial charge in [-0.2, -0.15) is 0 Å². The summed E-state index contributed by atoms with van der Waals surface area (Å²) in [5, 5.41) is 4.23. The summed E-state index contributed by atoms with van der Waals surface area (Å²) in [6, 6.07) is 8.86. The number of oxazole rings is 1. The molecule has 3 heterocycles. The molecule has 1 aliphatic heterocycles. The first-order valence-corrected chi connectivity index (χ1v) is 11.2. The topological polar surface area (TPSA) is 41.6 Å². The zero-order chi connectivity index (χ0) is 20.8. The molecule has 4 aromatic rings. The Morgan fingerprint density at radius 3 is 2.77 bits per heavy atom. The molecule has 0 N–H and O–H groups in total. The molecule has 1 fully saturated rings. The van der Waals surface area contributed by atoms with Crippen LogP contribution in [0, 0.1) is 5.82 Å². The first kappa shape index (κ1) is 19.6. The van der Waals surface area contributed by atoms with Crippen LogP contribution in [-0.2, 0) is 13.5 Å². The Labute approximate surface area is 181 Å². The van der Waals surface area contributed by atoms with E-state index in [0.717, 1.165) is 44.2 Å². The maximum atomic E-state index is 14.1. The zero-order valence-corrected chi connectivity index (χ0v) is 18.1. The fourth-order valence-corrected chi connectivity index (χ4v) is 5.30. The molecule has 0 bridgehead atoms. The third kappa shape index (κ3) is 3.51. The summed E-state index contributed by atoms with van der Waals surface area (Å²) in [7, 11) is 1.59. The van der Waals surface area contributed by atoms with Gasteiger partial charge in [0.25, 0.3) is 0 Å². The van der Waals surface area contributed by atoms with Crippen molar-refractivity contribution < 1.29 is 8.81 Å². The van der Waals surface area contributed by atoms with Crippen LogP contribution in [0.25, 0.3) is 21.2 Å². The van der Waals surface area contributed by atoms with E-state index in [-0.39, 0.29) is 5.82 Å². The second-order valence-corrected chi connectivity index (χ2v) is 9.03. The van der Waals surface area contributed by atoms with Crippen molar-refractivity contribution in [2.45, 2.75) is 6.42 Å². The molecule has 0 spiro atoms. The van der Waals surface area contributed by atoms with Crippen LogP contribution in [0.3, 0.4) is 0 Å². The Hall–Kier alpha value is -2.35. The lowest BCUT2D eigenvalue weighted by atomic mass is 10.1. The van der Waals surface area contributed by atoms with Gasteiger partial charge in [0.05, 0.1) is 11.2 Å². The number of nitrogens with zero attached hydrogens (tertiary/aromatic N) is 3. The van der Waals surface area contributed by atoms with E-state index in [9.17, 15) is 9.18 Å². The molecule has 5 nitrogen and oxygen atoms in total. The van der Waals surface area contributed by atoms with E-state index in [1.165, 1.54) is 32.3 Å². The summed E-state index contributed by atoms with van der Waals surface area (Å²) in [6.45, 7) is 4.22. The molecule has 156 valence electrons. The van der Waals surface area contributed by atoms with Crippen LogP contribution in [0.1, 0.15) is 5.56 Å². The molecule has 0 unspecified atom stereocenters. The lowest BCUT2D eigenvalue weighted by molar-refractivity contribution is 0.261. The van der Waals surface area contributed by atoms with Gasteiger partial charge >= 0.3 is 5.76 Å². The number of fused-ring (bicyclic) bond motifs is 2. The molecule has 8 heteroatoms. The molecule has 0 aliphatic carbocycles. The van der Waals surface area contributed by atoms with E-state index >= 15 is 0 Å². The lowest BCUT2D eigenvalue weighted by Gasteiger charge is -2.36. The highest BCUT2D eigenvalue weighted by Gasteiger charge is 2.22. The highest BCUT2D eigenvalue weighted by Crippen LogP contribution is 2.30. The standard InChI is InChI=1S/C22H21ClFN3O2S/c1-25-18-11-16(24)12-19(21(18)29-22(25)28)27-8-6-26(7-9-27)5-4-14-13-30-20-3-2-15(23)10-17(14)20/h2-3,10-13H,4-9H2,1H3. The molecule has 1 aliphatic rings. The number of hydrogen-bond acceptors (Lipinski definition) is 5. The number of halogens is 2. The van der Waals surface area contributed by atoms with Crippen molar-refractivity contribution >= 4 is 49.8 Å². The number of anilines is 1. The predicted molar refractivity (Wildman–Crippen MR) is 121 cm³/mol. The molecule has 2 aromatic heterocycles. The molecule has 5 rings (SSSR count). The zero-order valence-electron chi connectivity index (χ0n) is 16.5. The minimum Gasteiger partial charge on any atom is -0.405 e. The monoisotopic (exact) mass is 445 g/mol. The van der Waals surface area contributed by atoms with Crippen LogP contribution in [-0.4, -0.2) is 42.2 Å². The van der Waals surface area contributed by atoms with E-state index in [0.29, 0.717) is 16.8 Å². The Balaban J connectivity index is 1.28. The predicted octanol–water partition coefficient (Wildman–Crippen LogP) is 4.50. The molecule has 0 amide bonds. The number of thiophene rings is 1. The van der Waals surface area contributed by atoms with Crippen LogP contribution in [0.5, 0.6) is 0 Å². The summed E-state index contributed by atoms with van der Waals surface area (Å²) in [5.74, 6) is -0.835. The first-order chi connectivity index (χ1) is 14.5. The fourth-order valence-electron chi connectivity index (χ4n) is 4.15. The average molecular weight is 446 g/mol. The van der Waals surface area contributed by atoms with Crippen molar-refractivity contribution in [3.8, 4) is 0 Å². The van der Waals surface area contributed by atoms with Crippen LogP contribution < -0.4 is 10.7 Å². The Bertz CT molecular complexity index is 1290. The number of piperazine rings is 1. The second kappa shape index (κ2) is 7.72. The Kier molecular flexibility index (Phi) is 5.05. The van der Waals surface area contributed by atoms with Gasteiger partial charge in [-0.1, -0.05) is 11.6 Å². The van der Waals surface area contributed by atoms with E-state index in [1.807, 2.05) is 12.1 Å². The molecular formula is C22H21ClFN3O2S. The molecule has 0 radical (unpaired) electrons. The van der Waals surface area contributed by atoms with Gasteiger partial charge in [-0.25, -0.2) is 9.18 Å². The number of aryl methyl sites for hydroxylation is 1. The van der Waals surface area contributed by atoms with Crippen molar-refractivity contribution in [3.63, 3.8) is 0 Å². The second-order valence-electron chi connectivity index (χ2n) is 7.68. The molecule has 0 saturated carbocycles. The van der Waals surface area contributed by atoms with Gasteiger partial charge in [0.2, 0.25) is 0 Å². The smallest absolute Gasteiger partial charge is 0.405 e. The molecule has 0 atom stereocenters. The van der Waals surface area contributed by atoms with E-state index in [4.69, 9.17) is 16.0 Å². The normalized spacial score (nSPS) is 15.5. The fraction of sp³-hybridized carbons (Fsp3) is 0.318. The van der Waals surface area contributed by atoms with Crippen molar-refractivity contribution in [3.05, 3.63) is 62.7 Å². The van der Waals surface area contributed by atoms with Crippen LogP contribution >= 0.6 is 22.9 Å². The first-order valence-electron chi connectivity index (χ1n) is 9.91. The molecular weight excluding hydrogens is 425 g/mol. The summed E-state index contributed by atoms with van der Waals surface area (Å²) in [6.07, 6.45) is 0.970. The van der Waals surface area contributed by atoms with Gasteiger partial charge in [0.15, 0.2) is 5.58 Å². The number of aromatic nitrogens is 1. The largest absolute Gasteiger partial charge is 0.419 e. The maximum Gasteiger partial charge on any atom is 0.419 e. The molecule has 2 aromatic carbocycles. The summed E-state index contributed by atoms with van der Waals surface area (Å²) >= 11 is 7.92. The minimum atomic E-state index is -0.474. The van der Waals surface area contributed by atoms with Crippen LogP contribution in [0.4, 0.5) is 10.1 Å². The van der Waals surface area contributed by atoms with E-state index < -0.39 is 5.76 Å². The summed E-state index contributed by atoms with van der Waals surface area (Å²) in [4.78, 5) is 16.4. The third-order valence-electron chi connectivity index (χ3n) is 5.87. The SMILES string of the molecule is Cn1c(=O)oc2c(N3CCN(CCc4csc5ccc(Cl)cc45)CC3)cc(F)cc21. The summed E-state index contributed by atoms with van der Waals surface area (Å²) in [5.41, 5.74) is 2.93. The van der Waals surface area contributed by atoms with Gasteiger partial charge in [0.1, 0.15) is 5.82 Å². The van der Waals surface area contributed by atoms with Gasteiger partial charge in [-0.3, -0.25) is 9.47 Å². The Morgan fingerprint density at radius 2 is 1.97 bits per heavy atom. The van der Waals surface area contributed by atoms with Crippen molar-refractivity contribution in [1.82, 2.24) is 9.47 Å². The van der Waals surface area contributed by atoms with Crippen LogP contribution in [0.15, 0.2) is 44.9 Å². The maximum absolute atomic E-state index is 14.1. The lowest BCUT2D eigenvalue weighted by Crippen LogP contribution is -2.47. The van der Waals surface area contributed by atoms with Gasteiger partial charge in [0, 0.05) is 61.6 Å². The number of benzene rings is 2. The molecule has 30 heavy (non-hydrogen) atoms. The van der Waals surface area contributed by atoms with Crippen molar-refractivity contribution in [2.75, 3.05) is 37.6 Å². The average Bonchev–Trinajstić information content (AvgIpc) is 3.27. The number of rotatable bonds is 4. The van der Waals surface area contributed by atoms with Gasteiger partial charge in [-0.05, 0) is 40.9 Å². The third-order valence-corrected chi connectivity index (χ3v) is 7.11. The van der Waals surface area contributed by atoms with Crippen molar-refractivity contribution in [2.24, 2.45) is 7.05 Å². The highest BCUT2D eigenvalue weighted by atomic mass is 35.5. The Morgan fingerprint density at radius 1 is 1.17 bits per heavy atom. The number of hydrogen-bond donors (Lipinski definition) is 0. The van der Waals surface area contributed by atoms with E-state index in [1.54, 1.807) is 18.4 Å². The molecule has 1 saturated heterocycles. The quantitative estimate of drug-likeness (QED) is 0.463. The highest BCUT2D eigenvalue weighted by molar-refractivity contribution is 7.17. The van der Waals surface area contributed by atoms with Crippen LogP contribution in [0.2, 0.25) is 5.02 Å². The minimum absolute atomic E-state index is 0.362. The van der Waals surface area contributed by atoms with E-state index in [2.05, 4.69) is 21.2 Å². The van der Waals surface area contributed by atoms with Crippen molar-refractivity contribution in [1.29, 1.82) is 0 Å². The van der Waals surface area contributed by atoms with Gasteiger partial charge in [-0.15, -0.1) is 11.3 Å².